The molecule has 4 rings (SSSR count). The van der Waals surface area contributed by atoms with Crippen molar-refractivity contribution < 1.29 is 42.9 Å². The van der Waals surface area contributed by atoms with E-state index in [1.54, 1.807) is 13.0 Å². The Hall–Kier alpha value is -3.07. The number of rotatable bonds is 19. The van der Waals surface area contributed by atoms with Crippen LogP contribution in [0.25, 0.3) is 0 Å². The predicted octanol–water partition coefficient (Wildman–Crippen LogP) is 1.71. The van der Waals surface area contributed by atoms with Gasteiger partial charge in [-0.3, -0.25) is 14.7 Å². The molecule has 14 nitrogen and oxygen atoms in total. The number of imide groups is 1. The van der Waals surface area contributed by atoms with Gasteiger partial charge in [-0.1, -0.05) is 5.21 Å². The van der Waals surface area contributed by atoms with Crippen molar-refractivity contribution in [2.45, 2.75) is 51.9 Å². The summed E-state index contributed by atoms with van der Waals surface area (Å²) in [5, 5.41) is 14.6. The zero-order valence-corrected chi connectivity index (χ0v) is 24.3. The van der Waals surface area contributed by atoms with E-state index in [1.165, 1.54) is 0 Å². The van der Waals surface area contributed by atoms with Crippen LogP contribution in [0.4, 0.5) is 4.79 Å². The third-order valence-corrected chi connectivity index (χ3v) is 7.72. The smallest absolute Gasteiger partial charge is 0.407 e. The van der Waals surface area contributed by atoms with Gasteiger partial charge in [-0.05, 0) is 56.4 Å². The number of carbonyl (C=O) groups excluding carboxylic acids is 3. The zero-order chi connectivity index (χ0) is 29.6. The Labute approximate surface area is 245 Å². The lowest BCUT2D eigenvalue weighted by molar-refractivity contribution is -0.177. The molecule has 3 aliphatic rings. The quantitative estimate of drug-likeness (QED) is 0.136. The van der Waals surface area contributed by atoms with Crippen molar-refractivity contribution in [2.24, 2.45) is 17.8 Å². The number of fused-ring (bicyclic) bond motifs is 2. The minimum Gasteiger partial charge on any atom is -0.449 e. The molecule has 1 unspecified atom stereocenters. The van der Waals surface area contributed by atoms with Crippen LogP contribution in [-0.2, 0) is 51.0 Å². The molecule has 2 fully saturated rings. The lowest BCUT2D eigenvalue weighted by atomic mass is 10.0. The Kier molecular flexibility index (Phi) is 13.0. The Bertz CT molecular complexity index is 1000. The second-order valence-corrected chi connectivity index (χ2v) is 10.5. The summed E-state index contributed by atoms with van der Waals surface area (Å²) >= 11 is 0. The molecule has 234 valence electrons. The van der Waals surface area contributed by atoms with Gasteiger partial charge in [-0.15, -0.1) is 10.2 Å². The van der Waals surface area contributed by atoms with Crippen molar-refractivity contribution in [3.05, 3.63) is 23.2 Å². The van der Waals surface area contributed by atoms with Gasteiger partial charge in [-0.25, -0.2) is 4.79 Å². The molecule has 1 aromatic heterocycles. The third-order valence-electron chi connectivity index (χ3n) is 7.72. The molecule has 1 saturated carbocycles. The maximum Gasteiger partial charge on any atom is 0.407 e. The number of aryl methyl sites for hydroxylation is 2. The molecule has 0 bridgehead atoms. The fourth-order valence-corrected chi connectivity index (χ4v) is 5.31. The Morgan fingerprint density at radius 1 is 0.905 bits per heavy atom. The first-order valence-electron chi connectivity index (χ1n) is 14.9. The van der Waals surface area contributed by atoms with Crippen molar-refractivity contribution >= 4 is 17.9 Å². The summed E-state index contributed by atoms with van der Waals surface area (Å²) < 4.78 is 27.4. The van der Waals surface area contributed by atoms with Crippen LogP contribution in [0.3, 0.4) is 0 Å². The monoisotopic (exact) mass is 593 g/mol. The van der Waals surface area contributed by atoms with Crippen LogP contribution in [0.2, 0.25) is 0 Å². The topological polar surface area (TPSA) is 163 Å². The summed E-state index contributed by atoms with van der Waals surface area (Å²) in [5.41, 5.74) is 2.23. The second kappa shape index (κ2) is 17.1. The summed E-state index contributed by atoms with van der Waals surface area (Å²) in [5.74, 6) is 1.53. The number of aromatic nitrogens is 3. The van der Waals surface area contributed by atoms with E-state index in [0.29, 0.717) is 95.9 Å². The Morgan fingerprint density at radius 2 is 1.52 bits per heavy atom. The predicted molar refractivity (Wildman–Crippen MR) is 147 cm³/mol. The number of hydrogen-bond acceptors (Lipinski definition) is 11. The fourth-order valence-electron chi connectivity index (χ4n) is 5.31. The summed E-state index contributed by atoms with van der Waals surface area (Å²) in [7, 11) is 0. The SMILES string of the molecule is CC=C(CCOCCOCCOCCOCCNC(=O)OCC1[C@H]2CCc3nn[nH]c3CC[C@@H]12)ON1C(=O)CCC1=O. The third kappa shape index (κ3) is 10.0. The van der Waals surface area contributed by atoms with Crippen molar-refractivity contribution in [3.8, 4) is 0 Å². The van der Waals surface area contributed by atoms with Gasteiger partial charge in [0.25, 0.3) is 11.8 Å². The van der Waals surface area contributed by atoms with Gasteiger partial charge in [0.1, 0.15) is 5.76 Å². The molecule has 3 amide bonds. The molecule has 2 N–H and O–H groups in total. The highest BCUT2D eigenvalue weighted by molar-refractivity contribution is 6.00. The largest absolute Gasteiger partial charge is 0.449 e. The van der Waals surface area contributed by atoms with Crippen LogP contribution < -0.4 is 5.32 Å². The average molecular weight is 594 g/mol. The summed E-state index contributed by atoms with van der Waals surface area (Å²) in [4.78, 5) is 40.7. The number of amides is 3. The highest BCUT2D eigenvalue weighted by Crippen LogP contribution is 2.52. The molecule has 0 radical (unpaired) electrons. The molecule has 1 aliphatic heterocycles. The van der Waals surface area contributed by atoms with E-state index < -0.39 is 6.09 Å². The molecule has 2 heterocycles. The summed E-state index contributed by atoms with van der Waals surface area (Å²) in [6.45, 7) is 5.92. The van der Waals surface area contributed by atoms with Gasteiger partial charge in [-0.2, -0.15) is 0 Å². The highest BCUT2D eigenvalue weighted by Gasteiger charge is 2.50. The first-order valence-corrected chi connectivity index (χ1v) is 14.9. The molecular weight excluding hydrogens is 550 g/mol. The summed E-state index contributed by atoms with van der Waals surface area (Å²) in [6.07, 6.45) is 6.17. The molecular formula is C28H43N5O9. The number of alkyl carbamates (subject to hydrolysis) is 1. The normalized spacial score (nSPS) is 21.9. The van der Waals surface area contributed by atoms with Gasteiger partial charge in [0, 0.05) is 25.8 Å². The van der Waals surface area contributed by atoms with Crippen LogP contribution in [0.15, 0.2) is 11.8 Å². The van der Waals surface area contributed by atoms with E-state index in [4.69, 9.17) is 28.5 Å². The molecule has 2 aliphatic carbocycles. The minimum atomic E-state index is -0.406. The summed E-state index contributed by atoms with van der Waals surface area (Å²) in [6, 6.07) is 0. The number of allylic oxidation sites excluding steroid dienone is 1. The van der Waals surface area contributed by atoms with E-state index in [0.717, 1.165) is 42.1 Å². The van der Waals surface area contributed by atoms with E-state index in [9.17, 15) is 14.4 Å². The number of hydroxylamine groups is 2. The van der Waals surface area contributed by atoms with Gasteiger partial charge in [0.05, 0.1) is 70.8 Å². The molecule has 0 aromatic carbocycles. The van der Waals surface area contributed by atoms with Gasteiger partial charge in [0.2, 0.25) is 0 Å². The van der Waals surface area contributed by atoms with E-state index in [-0.39, 0.29) is 24.7 Å². The molecule has 0 spiro atoms. The minimum absolute atomic E-state index is 0.186. The highest BCUT2D eigenvalue weighted by atomic mass is 16.7. The van der Waals surface area contributed by atoms with E-state index in [1.807, 2.05) is 0 Å². The van der Waals surface area contributed by atoms with Crippen molar-refractivity contribution in [2.75, 3.05) is 66.0 Å². The number of carbonyl (C=O) groups is 3. The number of nitrogens with zero attached hydrogens (tertiary/aromatic N) is 3. The Morgan fingerprint density at radius 3 is 2.19 bits per heavy atom. The van der Waals surface area contributed by atoms with E-state index >= 15 is 0 Å². The maximum absolute atomic E-state index is 12.0. The standard InChI is InChI=1S/C28H43N5O9/c1-2-20(42-33-26(34)7-8-27(33)35)9-11-37-13-15-39-17-18-40-16-14-38-12-10-29-28(36)41-19-23-21-3-5-24-25(31-32-30-24)6-4-22(21)23/h2,21-23H,3-19H2,1H3,(H,29,36)(H,30,31,32)/t21-,22+,23?. The number of aromatic amines is 1. The first-order chi connectivity index (χ1) is 20.6. The molecule has 1 aromatic rings. The van der Waals surface area contributed by atoms with Gasteiger partial charge >= 0.3 is 6.09 Å². The average Bonchev–Trinajstić information content (AvgIpc) is 3.24. The Balaban J connectivity index is 0.880. The zero-order valence-electron chi connectivity index (χ0n) is 24.3. The molecule has 42 heavy (non-hydrogen) atoms. The lowest BCUT2D eigenvalue weighted by Crippen LogP contribution is -2.29. The first kappa shape index (κ1) is 31.9. The molecule has 1 saturated heterocycles. The fraction of sp³-hybridized carbons (Fsp3) is 0.750. The van der Waals surface area contributed by atoms with Crippen LogP contribution in [0.5, 0.6) is 0 Å². The number of ether oxygens (including phenoxy) is 5. The van der Waals surface area contributed by atoms with Gasteiger partial charge in [0.15, 0.2) is 0 Å². The van der Waals surface area contributed by atoms with Crippen molar-refractivity contribution in [1.82, 2.24) is 25.8 Å². The van der Waals surface area contributed by atoms with Gasteiger partial charge < -0.3 is 33.8 Å². The second-order valence-electron chi connectivity index (χ2n) is 10.5. The maximum atomic E-state index is 12.0. The van der Waals surface area contributed by atoms with Crippen LogP contribution in [0.1, 0.15) is 50.4 Å². The number of nitrogens with one attached hydrogen (secondary N) is 2. The molecule has 14 heteroatoms. The lowest BCUT2D eigenvalue weighted by Gasteiger charge is -2.16. The van der Waals surface area contributed by atoms with Crippen molar-refractivity contribution in [3.63, 3.8) is 0 Å². The number of hydrogen-bond donors (Lipinski definition) is 2. The molecule has 3 atom stereocenters. The number of H-pyrrole nitrogens is 1. The van der Waals surface area contributed by atoms with Crippen LogP contribution >= 0.6 is 0 Å². The van der Waals surface area contributed by atoms with Crippen LogP contribution in [-0.4, -0.2) is 104 Å². The van der Waals surface area contributed by atoms with E-state index in [2.05, 4.69) is 20.7 Å². The van der Waals surface area contributed by atoms with Crippen LogP contribution in [0, 0.1) is 17.8 Å². The van der Waals surface area contributed by atoms with Crippen molar-refractivity contribution in [1.29, 1.82) is 0 Å².